The molecule has 15 heteroatoms. The molecule has 0 spiro atoms. The molecular weight excluding hydrogens is 582 g/mol. The molecule has 5 heterocycles. The zero-order valence-electron chi connectivity index (χ0n) is 25.1. The minimum Gasteiger partial charge on any atom is -0.352 e. The number of thiazole rings is 1. The van der Waals surface area contributed by atoms with E-state index < -0.39 is 0 Å². The van der Waals surface area contributed by atoms with Crippen molar-refractivity contribution >= 4 is 51.9 Å². The van der Waals surface area contributed by atoms with E-state index in [-0.39, 0.29) is 22.8 Å². The third-order valence-corrected chi connectivity index (χ3v) is 8.15. The molecule has 0 atom stereocenters. The highest BCUT2D eigenvalue weighted by atomic mass is 32.1. The van der Waals surface area contributed by atoms with E-state index in [4.69, 9.17) is 10.7 Å². The van der Waals surface area contributed by atoms with E-state index in [1.54, 1.807) is 30.5 Å². The number of amides is 2. The topological polar surface area (TPSA) is 180 Å². The Bertz CT molecular complexity index is 1700. The smallest absolute Gasteiger partial charge is 0.267 e. The largest absolute Gasteiger partial charge is 0.352 e. The molecule has 1 fully saturated rings. The number of tetrazole rings is 1. The second-order valence-corrected chi connectivity index (χ2v) is 12.5. The van der Waals surface area contributed by atoms with Crippen LogP contribution in [0.2, 0.25) is 0 Å². The lowest BCUT2D eigenvalue weighted by Gasteiger charge is -2.36. The third kappa shape index (κ3) is 7.17. The van der Waals surface area contributed by atoms with Crippen molar-refractivity contribution in [2.24, 2.45) is 5.73 Å². The van der Waals surface area contributed by atoms with Crippen molar-refractivity contribution in [2.75, 3.05) is 42.9 Å². The van der Waals surface area contributed by atoms with Crippen LogP contribution in [0, 0.1) is 0 Å². The Kier molecular flexibility index (Phi) is 9.44. The number of fused-ring (bicyclic) bond motifs is 1. The monoisotopic (exact) mass is 619 g/mol. The van der Waals surface area contributed by atoms with Crippen molar-refractivity contribution < 1.29 is 9.59 Å². The maximum Gasteiger partial charge on any atom is 0.267 e. The molecule has 0 aliphatic carbocycles. The number of nitrogens with zero attached hydrogens (tertiary/aromatic N) is 8. The number of anilines is 2. The fourth-order valence-corrected chi connectivity index (χ4v) is 5.77. The second kappa shape index (κ2) is 13.4. The van der Waals surface area contributed by atoms with Gasteiger partial charge >= 0.3 is 0 Å². The summed E-state index contributed by atoms with van der Waals surface area (Å²) in [5.41, 5.74) is 7.01. The zero-order valence-corrected chi connectivity index (χ0v) is 25.9. The maximum absolute atomic E-state index is 13.8. The summed E-state index contributed by atoms with van der Waals surface area (Å²) in [6.45, 7) is 8.84. The fraction of sp³-hybridized carbons (Fsp3) is 0.448. The number of unbranched alkanes of at least 4 members (excludes halogenated alkanes) is 2. The van der Waals surface area contributed by atoms with Crippen LogP contribution in [0.25, 0.3) is 17.8 Å². The van der Waals surface area contributed by atoms with Crippen LogP contribution in [-0.4, -0.2) is 84.4 Å². The van der Waals surface area contributed by atoms with Crippen molar-refractivity contribution in [3.05, 3.63) is 56.7 Å². The molecule has 0 bridgehead atoms. The number of nitrogens with one attached hydrogen (secondary N) is 2. The van der Waals surface area contributed by atoms with Gasteiger partial charge in [-0.1, -0.05) is 27.2 Å². The van der Waals surface area contributed by atoms with Gasteiger partial charge in [0.05, 0.1) is 11.3 Å². The van der Waals surface area contributed by atoms with E-state index in [0.717, 1.165) is 25.0 Å². The number of rotatable bonds is 10. The highest BCUT2D eigenvalue weighted by Gasteiger charge is 2.25. The molecule has 0 unspecified atom stereocenters. The van der Waals surface area contributed by atoms with Crippen LogP contribution >= 0.6 is 11.3 Å². The van der Waals surface area contributed by atoms with Gasteiger partial charge in [0.25, 0.3) is 11.5 Å². The van der Waals surface area contributed by atoms with Crippen molar-refractivity contribution in [2.45, 2.75) is 51.9 Å². The number of aromatic nitrogens is 7. The number of pyridine rings is 1. The summed E-state index contributed by atoms with van der Waals surface area (Å²) in [6, 6.07) is 3.17. The van der Waals surface area contributed by atoms with Crippen molar-refractivity contribution in [1.82, 2.24) is 39.9 Å². The average molecular weight is 620 g/mol. The van der Waals surface area contributed by atoms with Gasteiger partial charge in [0.2, 0.25) is 5.91 Å². The summed E-state index contributed by atoms with van der Waals surface area (Å²) in [7, 11) is 0. The van der Waals surface area contributed by atoms with Gasteiger partial charge in [-0.25, -0.2) is 9.97 Å². The van der Waals surface area contributed by atoms with E-state index in [2.05, 4.69) is 51.7 Å². The van der Waals surface area contributed by atoms with Gasteiger partial charge in [-0.05, 0) is 48.9 Å². The highest BCUT2D eigenvalue weighted by molar-refractivity contribution is 7.14. The molecule has 1 saturated heterocycles. The van der Waals surface area contributed by atoms with Crippen LogP contribution in [0.5, 0.6) is 0 Å². The average Bonchev–Trinajstić information content (AvgIpc) is 3.71. The number of carbonyl (C=O) groups is 2. The van der Waals surface area contributed by atoms with E-state index in [1.165, 1.54) is 15.7 Å². The molecule has 1 aliphatic heterocycles. The first-order chi connectivity index (χ1) is 21.1. The number of hydrogen-bond acceptors (Lipinski definition) is 11. The van der Waals surface area contributed by atoms with Crippen LogP contribution in [0.3, 0.4) is 0 Å². The summed E-state index contributed by atoms with van der Waals surface area (Å²) in [6.07, 6.45) is 7.91. The van der Waals surface area contributed by atoms with Gasteiger partial charge in [0.15, 0.2) is 11.0 Å². The quantitative estimate of drug-likeness (QED) is 0.223. The second-order valence-electron chi connectivity index (χ2n) is 11.6. The normalized spacial score (nSPS) is 14.1. The highest BCUT2D eigenvalue weighted by Crippen LogP contribution is 2.27. The predicted octanol–water partition coefficient (Wildman–Crippen LogP) is 2.55. The summed E-state index contributed by atoms with van der Waals surface area (Å²) >= 11 is 1.36. The lowest BCUT2D eigenvalue weighted by atomic mass is 9.93. The van der Waals surface area contributed by atoms with E-state index in [0.29, 0.717) is 72.7 Å². The minimum absolute atomic E-state index is 0.121. The number of nitrogens with two attached hydrogens (primary N) is 1. The summed E-state index contributed by atoms with van der Waals surface area (Å²) in [4.78, 5) is 52.9. The van der Waals surface area contributed by atoms with Crippen molar-refractivity contribution in [3.63, 3.8) is 0 Å². The number of hydrogen-bond donors (Lipinski definition) is 3. The van der Waals surface area contributed by atoms with Crippen LogP contribution in [0.1, 0.15) is 73.9 Å². The molecule has 5 rings (SSSR count). The number of piperazine rings is 1. The first-order valence-corrected chi connectivity index (χ1v) is 15.5. The van der Waals surface area contributed by atoms with Crippen molar-refractivity contribution in [1.29, 1.82) is 0 Å². The number of aromatic amines is 1. The molecule has 232 valence electrons. The Hall–Kier alpha value is -4.50. The molecule has 0 saturated carbocycles. The Morgan fingerprint density at radius 3 is 2.59 bits per heavy atom. The molecular formula is C29H37N11O3S. The van der Waals surface area contributed by atoms with Gasteiger partial charge < -0.3 is 15.5 Å². The van der Waals surface area contributed by atoms with Crippen LogP contribution in [-0.2, 0) is 10.2 Å². The summed E-state index contributed by atoms with van der Waals surface area (Å²) in [5.74, 6) is 0.542. The van der Waals surface area contributed by atoms with Gasteiger partial charge in [-0.2, -0.15) is 5.21 Å². The predicted molar refractivity (Wildman–Crippen MR) is 170 cm³/mol. The Morgan fingerprint density at radius 2 is 1.91 bits per heavy atom. The molecule has 44 heavy (non-hydrogen) atoms. The zero-order chi connectivity index (χ0) is 31.3. The van der Waals surface area contributed by atoms with Gasteiger partial charge in [-0.3, -0.25) is 24.1 Å². The molecule has 2 amide bonds. The Labute approximate surface area is 258 Å². The lowest BCUT2D eigenvalue weighted by molar-refractivity contribution is -0.131. The molecule has 4 N–H and O–H groups in total. The van der Waals surface area contributed by atoms with Crippen molar-refractivity contribution in [3.8, 4) is 0 Å². The molecule has 4 aromatic rings. The first-order valence-electron chi connectivity index (χ1n) is 14.6. The van der Waals surface area contributed by atoms with Gasteiger partial charge in [0.1, 0.15) is 11.5 Å². The molecule has 14 nitrogen and oxygen atoms in total. The summed E-state index contributed by atoms with van der Waals surface area (Å²) < 4.78 is 1.40. The van der Waals surface area contributed by atoms with Gasteiger partial charge in [-0.15, -0.1) is 21.5 Å². The SMILES string of the molecule is CC(C)(C)c1csc(NC(=O)c2ccn3c(=O)c(C=Cc4nn[nH]n4)c(N4CCN(C(=O)CCCCCN)CC4)nc3c2)n1. The van der Waals surface area contributed by atoms with E-state index >= 15 is 0 Å². The van der Waals surface area contributed by atoms with Crippen LogP contribution < -0.4 is 21.5 Å². The van der Waals surface area contributed by atoms with Crippen LogP contribution in [0.4, 0.5) is 10.9 Å². The third-order valence-electron chi connectivity index (χ3n) is 7.39. The Morgan fingerprint density at radius 1 is 1.11 bits per heavy atom. The molecule has 1 aliphatic rings. The maximum atomic E-state index is 13.8. The first kappa shape index (κ1) is 30.9. The van der Waals surface area contributed by atoms with E-state index in [1.807, 2.05) is 15.2 Å². The number of H-pyrrole nitrogens is 1. The Balaban J connectivity index is 1.41. The standard InChI is InChI=1S/C29H37N11O3S/c1-29(2,3)21-18-44-28(31-21)33-26(42)19-10-12-40-23(17-19)32-25(20(27(40)43)8-9-22-34-36-37-35-22)39-15-13-38(14-16-39)24(41)7-5-4-6-11-30/h8-10,12,17-18H,4-7,11,13-16,30H2,1-3H3,(H,31,33,42)(H,34,35,36,37). The molecule has 0 aromatic carbocycles. The lowest BCUT2D eigenvalue weighted by Crippen LogP contribution is -2.49. The van der Waals surface area contributed by atoms with Crippen LogP contribution in [0.15, 0.2) is 28.5 Å². The summed E-state index contributed by atoms with van der Waals surface area (Å²) in [5, 5.41) is 19.1. The van der Waals surface area contributed by atoms with Gasteiger partial charge in [0, 0.05) is 55.2 Å². The molecule has 4 aromatic heterocycles. The van der Waals surface area contributed by atoms with E-state index in [9.17, 15) is 14.4 Å². The molecule has 0 radical (unpaired) electrons. The fourth-order valence-electron chi connectivity index (χ4n) is 4.83. The number of carbonyl (C=O) groups excluding carboxylic acids is 2. The minimum atomic E-state index is -0.349.